The number of benzene rings is 1. The minimum atomic E-state index is -3.67. The first-order valence-corrected chi connectivity index (χ1v) is 10.2. The number of carbonyl (C=O) groups is 1. The summed E-state index contributed by atoms with van der Waals surface area (Å²) < 4.78 is 40.8. The van der Waals surface area contributed by atoms with Gasteiger partial charge in [0.2, 0.25) is 15.9 Å². The standard InChI is InChI=1S/C18H25FN2O3S/c1-14-3-4-15(13-16(14)19)25(23,24)21-11-8-18(9-12-21)6-5-17(22)20(2)10-7-18/h3-4,13H,5-12H2,1-2H3. The third kappa shape index (κ3) is 3.58. The summed E-state index contributed by atoms with van der Waals surface area (Å²) in [6.07, 6.45) is 3.78. The Morgan fingerprint density at radius 1 is 1.08 bits per heavy atom. The maximum atomic E-state index is 13.8. The van der Waals surface area contributed by atoms with Gasteiger partial charge in [-0.1, -0.05) is 6.07 Å². The van der Waals surface area contributed by atoms with E-state index in [4.69, 9.17) is 0 Å². The summed E-state index contributed by atoms with van der Waals surface area (Å²) in [5, 5.41) is 0. The fourth-order valence-electron chi connectivity index (χ4n) is 3.80. The van der Waals surface area contributed by atoms with E-state index in [2.05, 4.69) is 0 Å². The van der Waals surface area contributed by atoms with Crippen LogP contribution in [0.5, 0.6) is 0 Å². The largest absolute Gasteiger partial charge is 0.346 e. The van der Waals surface area contributed by atoms with Crippen molar-refractivity contribution in [2.24, 2.45) is 5.41 Å². The Balaban J connectivity index is 1.73. The Hall–Kier alpha value is -1.47. The first kappa shape index (κ1) is 18.3. The van der Waals surface area contributed by atoms with Gasteiger partial charge in [0.05, 0.1) is 4.90 Å². The van der Waals surface area contributed by atoms with Crippen molar-refractivity contribution in [1.82, 2.24) is 9.21 Å². The fourth-order valence-corrected chi connectivity index (χ4v) is 5.26. The summed E-state index contributed by atoms with van der Waals surface area (Å²) in [7, 11) is -1.85. The highest BCUT2D eigenvalue weighted by Crippen LogP contribution is 2.42. The van der Waals surface area contributed by atoms with Gasteiger partial charge in [-0.2, -0.15) is 4.31 Å². The first-order valence-electron chi connectivity index (χ1n) is 8.74. The molecule has 0 aromatic heterocycles. The van der Waals surface area contributed by atoms with Crippen molar-refractivity contribution in [2.45, 2.75) is 43.9 Å². The summed E-state index contributed by atoms with van der Waals surface area (Å²) in [6.45, 7) is 3.20. The molecule has 2 aliphatic rings. The van der Waals surface area contributed by atoms with Crippen LogP contribution in [0.2, 0.25) is 0 Å². The summed E-state index contributed by atoms with van der Waals surface area (Å²) in [4.78, 5) is 13.7. The summed E-state index contributed by atoms with van der Waals surface area (Å²) in [6, 6.07) is 4.08. The Morgan fingerprint density at radius 3 is 2.36 bits per heavy atom. The van der Waals surface area contributed by atoms with Crippen molar-refractivity contribution in [3.63, 3.8) is 0 Å². The predicted molar refractivity (Wildman–Crippen MR) is 93.1 cm³/mol. The SMILES string of the molecule is Cc1ccc(S(=O)(=O)N2CCC3(CCC(=O)N(C)CC3)CC2)cc1F. The number of sulfonamides is 1. The van der Waals surface area contributed by atoms with E-state index in [9.17, 15) is 17.6 Å². The van der Waals surface area contributed by atoms with E-state index in [1.807, 2.05) is 7.05 Å². The van der Waals surface area contributed by atoms with Crippen LogP contribution in [0.25, 0.3) is 0 Å². The normalized spacial score (nSPS) is 22.2. The number of rotatable bonds is 2. The molecule has 2 aliphatic heterocycles. The molecule has 5 nitrogen and oxygen atoms in total. The average Bonchev–Trinajstić information content (AvgIpc) is 2.72. The Bertz CT molecular complexity index is 771. The Labute approximate surface area is 148 Å². The Morgan fingerprint density at radius 2 is 1.72 bits per heavy atom. The number of likely N-dealkylation sites (tertiary alicyclic amines) is 1. The second kappa shape index (κ2) is 6.68. The van der Waals surface area contributed by atoms with Crippen LogP contribution in [0.3, 0.4) is 0 Å². The molecule has 0 bridgehead atoms. The van der Waals surface area contributed by atoms with E-state index in [-0.39, 0.29) is 16.2 Å². The van der Waals surface area contributed by atoms with Crippen LogP contribution in [-0.2, 0) is 14.8 Å². The lowest BCUT2D eigenvalue weighted by Gasteiger charge is -2.40. The zero-order chi connectivity index (χ0) is 18.2. The van der Waals surface area contributed by atoms with Gasteiger partial charge in [0.1, 0.15) is 5.82 Å². The van der Waals surface area contributed by atoms with Crippen LogP contribution < -0.4 is 0 Å². The first-order chi connectivity index (χ1) is 11.7. The summed E-state index contributed by atoms with van der Waals surface area (Å²) >= 11 is 0. The molecule has 0 atom stereocenters. The quantitative estimate of drug-likeness (QED) is 0.806. The molecule has 0 radical (unpaired) electrons. The molecule has 1 spiro atoms. The van der Waals surface area contributed by atoms with Crippen molar-refractivity contribution < 1.29 is 17.6 Å². The molecule has 0 aliphatic carbocycles. The summed E-state index contributed by atoms with van der Waals surface area (Å²) in [5.41, 5.74) is 0.481. The molecule has 1 amide bonds. The number of amides is 1. The van der Waals surface area contributed by atoms with Crippen LogP contribution >= 0.6 is 0 Å². The smallest absolute Gasteiger partial charge is 0.243 e. The highest BCUT2D eigenvalue weighted by Gasteiger charge is 2.40. The highest BCUT2D eigenvalue weighted by atomic mass is 32.2. The molecule has 0 N–H and O–H groups in total. The molecule has 0 saturated carbocycles. The molecule has 2 fully saturated rings. The van der Waals surface area contributed by atoms with Crippen LogP contribution in [0.1, 0.15) is 37.7 Å². The Kier molecular flexibility index (Phi) is 4.90. The van der Waals surface area contributed by atoms with E-state index in [1.165, 1.54) is 16.4 Å². The highest BCUT2D eigenvalue weighted by molar-refractivity contribution is 7.89. The third-order valence-corrected chi connectivity index (χ3v) is 7.73. The van der Waals surface area contributed by atoms with Gasteiger partial charge in [-0.15, -0.1) is 0 Å². The van der Waals surface area contributed by atoms with Crippen LogP contribution in [0.4, 0.5) is 4.39 Å². The monoisotopic (exact) mass is 368 g/mol. The predicted octanol–water partition coefficient (Wildman–Crippen LogP) is 2.55. The second-order valence-corrected chi connectivity index (χ2v) is 9.32. The molecule has 0 unspecified atom stereocenters. The molecule has 138 valence electrons. The zero-order valence-electron chi connectivity index (χ0n) is 14.8. The maximum Gasteiger partial charge on any atom is 0.243 e. The molecular weight excluding hydrogens is 343 g/mol. The molecule has 25 heavy (non-hydrogen) atoms. The molecule has 2 heterocycles. The van der Waals surface area contributed by atoms with Gasteiger partial charge < -0.3 is 4.90 Å². The van der Waals surface area contributed by atoms with E-state index < -0.39 is 15.8 Å². The van der Waals surface area contributed by atoms with Crippen molar-refractivity contribution in [3.05, 3.63) is 29.6 Å². The number of aryl methyl sites for hydroxylation is 1. The number of nitrogens with zero attached hydrogens (tertiary/aromatic N) is 2. The number of hydrogen-bond donors (Lipinski definition) is 0. The van der Waals surface area contributed by atoms with Crippen molar-refractivity contribution in [3.8, 4) is 0 Å². The van der Waals surface area contributed by atoms with Gasteiger partial charge in [0, 0.05) is 33.1 Å². The van der Waals surface area contributed by atoms with Crippen molar-refractivity contribution in [1.29, 1.82) is 0 Å². The number of hydrogen-bond acceptors (Lipinski definition) is 3. The van der Waals surface area contributed by atoms with Gasteiger partial charge in [-0.05, 0) is 55.7 Å². The lowest BCUT2D eigenvalue weighted by atomic mass is 9.73. The van der Waals surface area contributed by atoms with Gasteiger partial charge in [-0.25, -0.2) is 12.8 Å². The topological polar surface area (TPSA) is 57.7 Å². The molecular formula is C18H25FN2O3S. The molecule has 1 aromatic carbocycles. The third-order valence-electron chi connectivity index (χ3n) is 5.84. The van der Waals surface area contributed by atoms with E-state index >= 15 is 0 Å². The maximum absolute atomic E-state index is 13.8. The van der Waals surface area contributed by atoms with Gasteiger partial charge in [0.25, 0.3) is 0 Å². The lowest BCUT2D eigenvalue weighted by molar-refractivity contribution is -0.129. The zero-order valence-corrected chi connectivity index (χ0v) is 15.6. The fraction of sp³-hybridized carbons (Fsp3) is 0.611. The van der Waals surface area contributed by atoms with Gasteiger partial charge >= 0.3 is 0 Å². The average molecular weight is 368 g/mol. The van der Waals surface area contributed by atoms with E-state index in [0.29, 0.717) is 25.1 Å². The van der Waals surface area contributed by atoms with Crippen molar-refractivity contribution >= 4 is 15.9 Å². The van der Waals surface area contributed by atoms with Crippen LogP contribution in [0.15, 0.2) is 23.1 Å². The van der Waals surface area contributed by atoms with E-state index in [1.54, 1.807) is 11.8 Å². The molecule has 2 saturated heterocycles. The van der Waals surface area contributed by atoms with Crippen LogP contribution in [-0.4, -0.2) is 50.2 Å². The number of piperidine rings is 1. The number of halogens is 1. The van der Waals surface area contributed by atoms with Crippen LogP contribution in [0, 0.1) is 18.2 Å². The van der Waals surface area contributed by atoms with E-state index in [0.717, 1.165) is 38.3 Å². The summed E-state index contributed by atoms with van der Waals surface area (Å²) in [5.74, 6) is -0.332. The minimum Gasteiger partial charge on any atom is -0.346 e. The second-order valence-electron chi connectivity index (χ2n) is 7.38. The molecule has 3 rings (SSSR count). The van der Waals surface area contributed by atoms with Gasteiger partial charge in [0.15, 0.2) is 0 Å². The van der Waals surface area contributed by atoms with Gasteiger partial charge in [-0.3, -0.25) is 4.79 Å². The molecule has 7 heteroatoms. The lowest BCUT2D eigenvalue weighted by Crippen LogP contribution is -2.43. The van der Waals surface area contributed by atoms with Crippen molar-refractivity contribution in [2.75, 3.05) is 26.7 Å². The minimum absolute atomic E-state index is 0.0160. The number of carbonyl (C=O) groups excluding carboxylic acids is 1. The molecule has 1 aromatic rings.